The first-order chi connectivity index (χ1) is 33.7. The summed E-state index contributed by atoms with van der Waals surface area (Å²) >= 11 is 6.74. The van der Waals surface area contributed by atoms with Crippen LogP contribution in [-0.2, 0) is 43.4 Å². The standard InChI is InChI=1S/4C12H10N4S.2H2O.Pd/c4*1-2-4-9(5-3-1)6-17-12-10-11(14-7-13-10)15-8-16-12;;;/h4*1-5,7-8H,6H2,(H,13,14,15,16);2*1H2;/p-2. The van der Waals surface area contributed by atoms with E-state index in [1.54, 1.807) is 97.7 Å². The summed E-state index contributed by atoms with van der Waals surface area (Å²) in [6, 6.07) is 41.3. The Morgan fingerprint density at radius 1 is 0.282 bits per heavy atom. The summed E-state index contributed by atoms with van der Waals surface area (Å²) in [5.41, 5.74) is 11.6. The Labute approximate surface area is 437 Å². The minimum absolute atomic E-state index is 0. The van der Waals surface area contributed by atoms with Crippen molar-refractivity contribution in [1.82, 2.24) is 79.7 Å². The monoisotopic (exact) mass is 1110 g/mol. The number of aromatic nitrogens is 16. The van der Waals surface area contributed by atoms with E-state index >= 15 is 0 Å². The summed E-state index contributed by atoms with van der Waals surface area (Å²) in [5.74, 6) is 3.58. The molecule has 0 atom stereocenters. The van der Waals surface area contributed by atoms with E-state index in [4.69, 9.17) is 0 Å². The van der Waals surface area contributed by atoms with E-state index in [-0.39, 0.29) is 31.4 Å². The van der Waals surface area contributed by atoms with Crippen LogP contribution in [0.3, 0.4) is 0 Å². The SMILES string of the molecule is [OH-].[OH-].[Pd].c1ccc(CSc2ncnc3nc[nH]c23)cc1.c1ccc(CSc2ncnc3nc[nH]c23)cc1.c1ccc(CSc2ncnc3nc[nH]c23)cc1.c1ccc(CSc2ncnc3nc[nH]c23)cc1. The number of imidazole rings is 4. The molecule has 0 amide bonds. The van der Waals surface area contributed by atoms with Gasteiger partial charge in [0.15, 0.2) is 22.6 Å². The Kier molecular flexibility index (Phi) is 21.1. The molecular formula is C48H42N16O2PdS4-2. The maximum atomic E-state index is 4.27. The van der Waals surface area contributed by atoms with E-state index in [0.717, 1.165) is 87.8 Å². The maximum Gasteiger partial charge on any atom is 0.181 e. The second-order valence-electron chi connectivity index (χ2n) is 14.2. The molecule has 0 radical (unpaired) electrons. The molecule has 0 bridgehead atoms. The predicted molar refractivity (Wildman–Crippen MR) is 275 cm³/mol. The van der Waals surface area contributed by atoms with E-state index in [1.807, 2.05) is 72.8 Å². The fourth-order valence-corrected chi connectivity index (χ4v) is 9.96. The normalized spacial score (nSPS) is 10.4. The van der Waals surface area contributed by atoms with Gasteiger partial charge in [-0.05, 0) is 22.3 Å². The van der Waals surface area contributed by atoms with E-state index in [0.29, 0.717) is 0 Å². The third-order valence-corrected chi connectivity index (χ3v) is 13.9. The van der Waals surface area contributed by atoms with Crippen molar-refractivity contribution in [1.29, 1.82) is 0 Å². The molecule has 0 aliphatic rings. The van der Waals surface area contributed by atoms with Crippen molar-refractivity contribution in [2.45, 2.75) is 43.1 Å². The largest absolute Gasteiger partial charge is 0.870 e. The molecule has 12 rings (SSSR count). The number of hydrogen-bond acceptors (Lipinski definition) is 18. The van der Waals surface area contributed by atoms with Crippen LogP contribution in [0.4, 0.5) is 0 Å². The van der Waals surface area contributed by atoms with Crippen molar-refractivity contribution in [3.8, 4) is 0 Å². The Hall–Kier alpha value is -6.94. The van der Waals surface area contributed by atoms with E-state index in [1.165, 1.54) is 22.3 Å². The van der Waals surface area contributed by atoms with Crippen molar-refractivity contribution in [2.75, 3.05) is 0 Å². The van der Waals surface area contributed by atoms with Crippen molar-refractivity contribution in [3.05, 3.63) is 194 Å². The van der Waals surface area contributed by atoms with Gasteiger partial charge in [-0.25, -0.2) is 59.8 Å². The maximum absolute atomic E-state index is 4.27. The summed E-state index contributed by atoms with van der Waals surface area (Å²) < 4.78 is 0. The molecule has 0 aliphatic heterocycles. The Bertz CT molecular complexity index is 2960. The van der Waals surface area contributed by atoms with Gasteiger partial charge >= 0.3 is 0 Å². The number of fused-ring (bicyclic) bond motifs is 4. The molecule has 362 valence electrons. The number of H-pyrrole nitrogens is 4. The molecule has 0 spiro atoms. The van der Waals surface area contributed by atoms with Gasteiger partial charge in [-0.3, -0.25) is 0 Å². The zero-order valence-electron chi connectivity index (χ0n) is 37.2. The topological polar surface area (TPSA) is 278 Å². The van der Waals surface area contributed by atoms with Crippen molar-refractivity contribution >= 4 is 91.7 Å². The van der Waals surface area contributed by atoms with Crippen molar-refractivity contribution < 1.29 is 31.4 Å². The Morgan fingerprint density at radius 3 is 0.704 bits per heavy atom. The van der Waals surface area contributed by atoms with Crippen LogP contribution >= 0.6 is 47.0 Å². The molecule has 18 nitrogen and oxygen atoms in total. The van der Waals surface area contributed by atoms with E-state index < -0.39 is 0 Å². The second-order valence-corrected chi connectivity index (χ2v) is 18.1. The summed E-state index contributed by atoms with van der Waals surface area (Å²) in [6.07, 6.45) is 12.8. The number of aromatic amines is 4. The van der Waals surface area contributed by atoms with Gasteiger partial charge in [0.05, 0.1) is 25.3 Å². The fourth-order valence-electron chi connectivity index (χ4n) is 6.31. The number of benzene rings is 4. The number of nitrogens with one attached hydrogen (secondary N) is 4. The quantitative estimate of drug-likeness (QED) is 0.0503. The van der Waals surface area contributed by atoms with Crippen LogP contribution < -0.4 is 0 Å². The molecule has 71 heavy (non-hydrogen) atoms. The summed E-state index contributed by atoms with van der Waals surface area (Å²) in [6.45, 7) is 0. The third kappa shape index (κ3) is 15.0. The van der Waals surface area contributed by atoms with Gasteiger partial charge in [-0.1, -0.05) is 168 Å². The van der Waals surface area contributed by atoms with Gasteiger partial charge < -0.3 is 30.9 Å². The third-order valence-electron chi connectivity index (χ3n) is 9.63. The van der Waals surface area contributed by atoms with Gasteiger partial charge in [0.2, 0.25) is 0 Å². The van der Waals surface area contributed by atoms with E-state index in [9.17, 15) is 0 Å². The second kappa shape index (κ2) is 28.0. The first-order valence-corrected chi connectivity index (χ1v) is 24.9. The van der Waals surface area contributed by atoms with Crippen molar-refractivity contribution in [2.24, 2.45) is 0 Å². The number of nitrogens with zero attached hydrogens (tertiary/aromatic N) is 12. The molecule has 12 aromatic rings. The Morgan fingerprint density at radius 2 is 0.493 bits per heavy atom. The average molecular weight is 1110 g/mol. The van der Waals surface area contributed by atoms with Gasteiger partial charge in [-0.15, -0.1) is 0 Å². The molecule has 4 aromatic carbocycles. The molecule has 0 aliphatic carbocycles. The number of rotatable bonds is 12. The molecule has 6 N–H and O–H groups in total. The van der Waals surface area contributed by atoms with Crippen LogP contribution in [-0.4, -0.2) is 90.7 Å². The minimum Gasteiger partial charge on any atom is -0.870 e. The van der Waals surface area contributed by atoms with E-state index in [2.05, 4.69) is 128 Å². The van der Waals surface area contributed by atoms with Gasteiger partial charge in [0, 0.05) is 43.4 Å². The zero-order valence-corrected chi connectivity index (χ0v) is 42.0. The van der Waals surface area contributed by atoms with Crippen LogP contribution in [0.15, 0.2) is 192 Å². The van der Waals surface area contributed by atoms with Crippen molar-refractivity contribution in [3.63, 3.8) is 0 Å². The first kappa shape index (κ1) is 53.4. The Balaban J connectivity index is 0.000000153. The van der Waals surface area contributed by atoms with Crippen LogP contribution in [0.5, 0.6) is 0 Å². The summed E-state index contributed by atoms with van der Waals surface area (Å²) in [5, 5.41) is 3.76. The molecule has 0 unspecified atom stereocenters. The van der Waals surface area contributed by atoms with Crippen LogP contribution in [0, 0.1) is 0 Å². The molecule has 23 heteroatoms. The number of hydrogen-bond donors (Lipinski definition) is 4. The molecule has 8 aromatic heterocycles. The zero-order chi connectivity index (χ0) is 46.0. The molecule has 0 saturated carbocycles. The van der Waals surface area contributed by atoms with Crippen LogP contribution in [0.25, 0.3) is 44.7 Å². The first-order valence-electron chi connectivity index (χ1n) is 21.0. The smallest absolute Gasteiger partial charge is 0.181 e. The number of thioether (sulfide) groups is 4. The molecular weight excluding hydrogens is 1070 g/mol. The van der Waals surface area contributed by atoms with Gasteiger partial charge in [0.1, 0.15) is 67.5 Å². The summed E-state index contributed by atoms with van der Waals surface area (Å²) in [7, 11) is 0. The molecule has 8 heterocycles. The average Bonchev–Trinajstić information content (AvgIpc) is 4.27. The van der Waals surface area contributed by atoms with Crippen LogP contribution in [0.2, 0.25) is 0 Å². The fraction of sp³-hybridized carbons (Fsp3) is 0.0833. The minimum atomic E-state index is 0. The predicted octanol–water partition coefficient (Wildman–Crippen LogP) is 10.2. The molecule has 0 fully saturated rings. The van der Waals surface area contributed by atoms with Gasteiger partial charge in [0.25, 0.3) is 0 Å². The summed E-state index contributed by atoms with van der Waals surface area (Å²) in [4.78, 5) is 62.2. The van der Waals surface area contributed by atoms with Gasteiger partial charge in [-0.2, -0.15) is 0 Å². The molecule has 0 saturated heterocycles. The van der Waals surface area contributed by atoms with Crippen LogP contribution in [0.1, 0.15) is 22.3 Å².